The van der Waals surface area contributed by atoms with Crippen molar-refractivity contribution < 1.29 is 0 Å². The zero-order valence-electron chi connectivity index (χ0n) is 13.4. The Morgan fingerprint density at radius 3 is 2.67 bits per heavy atom. The molecule has 3 heteroatoms. The molecule has 3 nitrogen and oxygen atoms in total. The molecule has 1 N–H and O–H groups in total. The van der Waals surface area contributed by atoms with Crippen LogP contribution in [-0.4, -0.2) is 30.5 Å². The van der Waals surface area contributed by atoms with Crippen LogP contribution in [0, 0.1) is 13.8 Å². The van der Waals surface area contributed by atoms with Crippen LogP contribution in [0.25, 0.3) is 0 Å². The van der Waals surface area contributed by atoms with Crippen LogP contribution in [0.15, 0.2) is 42.7 Å². The van der Waals surface area contributed by atoms with Crippen molar-refractivity contribution in [2.45, 2.75) is 26.4 Å². The van der Waals surface area contributed by atoms with Gasteiger partial charge in [0.05, 0.1) is 0 Å². The van der Waals surface area contributed by atoms with Gasteiger partial charge in [-0.1, -0.05) is 29.8 Å². The first-order valence-corrected chi connectivity index (χ1v) is 7.42. The van der Waals surface area contributed by atoms with Gasteiger partial charge in [-0.3, -0.25) is 4.98 Å². The first kappa shape index (κ1) is 15.7. The van der Waals surface area contributed by atoms with Gasteiger partial charge in [0.25, 0.3) is 0 Å². The lowest BCUT2D eigenvalue weighted by atomic mass is 9.99. The Balaban J connectivity index is 2.04. The molecule has 1 unspecified atom stereocenters. The van der Waals surface area contributed by atoms with Gasteiger partial charge in [0.1, 0.15) is 0 Å². The second kappa shape index (κ2) is 7.34. The SMILES string of the molecule is CNC(CN(C)Cc1cccnc1)c1ccc(C)cc1C. The van der Waals surface area contributed by atoms with Crippen LogP contribution in [0.5, 0.6) is 0 Å². The lowest BCUT2D eigenvalue weighted by molar-refractivity contribution is 0.289. The monoisotopic (exact) mass is 283 g/mol. The van der Waals surface area contributed by atoms with Crippen LogP contribution in [-0.2, 0) is 6.54 Å². The molecule has 0 aliphatic heterocycles. The summed E-state index contributed by atoms with van der Waals surface area (Å²) in [6, 6.07) is 11.1. The molecule has 1 aromatic heterocycles. The van der Waals surface area contributed by atoms with E-state index in [1.165, 1.54) is 22.3 Å². The summed E-state index contributed by atoms with van der Waals surface area (Å²) < 4.78 is 0. The maximum atomic E-state index is 4.18. The predicted molar refractivity (Wildman–Crippen MR) is 88.3 cm³/mol. The molecule has 0 saturated carbocycles. The molecule has 0 bridgehead atoms. The fourth-order valence-electron chi connectivity index (χ4n) is 2.74. The summed E-state index contributed by atoms with van der Waals surface area (Å²) in [5.41, 5.74) is 5.29. The number of benzene rings is 1. The molecule has 1 atom stereocenters. The van der Waals surface area contributed by atoms with E-state index in [-0.39, 0.29) is 0 Å². The van der Waals surface area contributed by atoms with Gasteiger partial charge in [-0.2, -0.15) is 0 Å². The average molecular weight is 283 g/mol. The molecule has 0 spiro atoms. The van der Waals surface area contributed by atoms with Crippen LogP contribution >= 0.6 is 0 Å². The van der Waals surface area contributed by atoms with Crippen molar-refractivity contribution in [3.63, 3.8) is 0 Å². The predicted octanol–water partition coefficient (Wildman–Crippen LogP) is 3.09. The van der Waals surface area contributed by atoms with E-state index in [4.69, 9.17) is 0 Å². The summed E-state index contributed by atoms with van der Waals surface area (Å²) in [6.45, 7) is 6.21. The van der Waals surface area contributed by atoms with Crippen LogP contribution in [0.4, 0.5) is 0 Å². The highest BCUT2D eigenvalue weighted by atomic mass is 15.1. The molecule has 0 aliphatic rings. The first-order chi connectivity index (χ1) is 10.1. The number of rotatable bonds is 6. The van der Waals surface area contributed by atoms with E-state index in [1.54, 1.807) is 0 Å². The third kappa shape index (κ3) is 4.38. The Morgan fingerprint density at radius 2 is 2.05 bits per heavy atom. The van der Waals surface area contributed by atoms with Crippen LogP contribution in [0.2, 0.25) is 0 Å². The van der Waals surface area contributed by atoms with Gasteiger partial charge in [-0.15, -0.1) is 0 Å². The highest BCUT2D eigenvalue weighted by molar-refractivity contribution is 5.33. The number of hydrogen-bond donors (Lipinski definition) is 1. The highest BCUT2D eigenvalue weighted by Gasteiger charge is 2.14. The Morgan fingerprint density at radius 1 is 1.24 bits per heavy atom. The molecule has 0 fully saturated rings. The number of nitrogens with one attached hydrogen (secondary N) is 1. The molecule has 2 rings (SSSR count). The van der Waals surface area contributed by atoms with Gasteiger partial charge >= 0.3 is 0 Å². The standard InChI is InChI=1S/C18H25N3/c1-14-7-8-17(15(2)10-14)18(19-3)13-21(4)12-16-6-5-9-20-11-16/h5-11,18-19H,12-13H2,1-4H3. The Labute approximate surface area is 128 Å². The molecule has 1 aromatic carbocycles. The Hall–Kier alpha value is -1.71. The van der Waals surface area contributed by atoms with Crippen molar-refractivity contribution in [1.29, 1.82) is 0 Å². The zero-order chi connectivity index (χ0) is 15.2. The number of hydrogen-bond acceptors (Lipinski definition) is 3. The van der Waals surface area contributed by atoms with Crippen LogP contribution < -0.4 is 5.32 Å². The van der Waals surface area contributed by atoms with Crippen molar-refractivity contribution in [3.05, 3.63) is 65.0 Å². The third-order valence-electron chi connectivity index (χ3n) is 3.82. The van der Waals surface area contributed by atoms with Gasteiger partial charge in [-0.25, -0.2) is 0 Å². The summed E-state index contributed by atoms with van der Waals surface area (Å²) in [6.07, 6.45) is 3.75. The Kier molecular flexibility index (Phi) is 5.48. The molecule has 0 radical (unpaired) electrons. The number of nitrogens with zero attached hydrogens (tertiary/aromatic N) is 2. The molecule has 1 heterocycles. The van der Waals surface area contributed by atoms with E-state index in [0.717, 1.165) is 13.1 Å². The van der Waals surface area contributed by atoms with Crippen molar-refractivity contribution in [1.82, 2.24) is 15.2 Å². The summed E-state index contributed by atoms with van der Waals surface area (Å²) in [5, 5.41) is 3.44. The number of pyridine rings is 1. The third-order valence-corrected chi connectivity index (χ3v) is 3.82. The number of aromatic nitrogens is 1. The van der Waals surface area contributed by atoms with Crippen LogP contribution in [0.1, 0.15) is 28.3 Å². The van der Waals surface area contributed by atoms with E-state index in [2.05, 4.69) is 60.4 Å². The van der Waals surface area contributed by atoms with Crippen LogP contribution in [0.3, 0.4) is 0 Å². The van der Waals surface area contributed by atoms with Gasteiger partial charge in [-0.05, 0) is 50.7 Å². The quantitative estimate of drug-likeness (QED) is 0.883. The van der Waals surface area contributed by atoms with E-state index < -0.39 is 0 Å². The average Bonchev–Trinajstić information content (AvgIpc) is 2.46. The van der Waals surface area contributed by atoms with Gasteiger partial charge in [0.2, 0.25) is 0 Å². The second-order valence-corrected chi connectivity index (χ2v) is 5.76. The minimum absolute atomic E-state index is 0.340. The molecule has 112 valence electrons. The van der Waals surface area contributed by atoms with Gasteiger partial charge < -0.3 is 10.2 Å². The van der Waals surface area contributed by atoms with Crippen molar-refractivity contribution in [2.75, 3.05) is 20.6 Å². The van der Waals surface area contributed by atoms with E-state index in [1.807, 2.05) is 25.5 Å². The molecule has 21 heavy (non-hydrogen) atoms. The van der Waals surface area contributed by atoms with Gasteiger partial charge in [0, 0.05) is 31.5 Å². The largest absolute Gasteiger partial charge is 0.312 e. The first-order valence-electron chi connectivity index (χ1n) is 7.42. The fourth-order valence-corrected chi connectivity index (χ4v) is 2.74. The molecule has 0 aliphatic carbocycles. The van der Waals surface area contributed by atoms with Crippen molar-refractivity contribution >= 4 is 0 Å². The van der Waals surface area contributed by atoms with Gasteiger partial charge in [0.15, 0.2) is 0 Å². The summed E-state index contributed by atoms with van der Waals surface area (Å²) in [7, 11) is 4.18. The fraction of sp³-hybridized carbons (Fsp3) is 0.389. The molecular weight excluding hydrogens is 258 g/mol. The Bertz CT molecular complexity index is 566. The molecule has 2 aromatic rings. The molecular formula is C18H25N3. The summed E-state index contributed by atoms with van der Waals surface area (Å²) >= 11 is 0. The van der Waals surface area contributed by atoms with E-state index >= 15 is 0 Å². The zero-order valence-corrected chi connectivity index (χ0v) is 13.4. The summed E-state index contributed by atoms with van der Waals surface area (Å²) in [5.74, 6) is 0. The maximum absolute atomic E-state index is 4.18. The maximum Gasteiger partial charge on any atom is 0.0449 e. The summed E-state index contributed by atoms with van der Waals surface area (Å²) in [4.78, 5) is 6.51. The highest BCUT2D eigenvalue weighted by Crippen LogP contribution is 2.20. The smallest absolute Gasteiger partial charge is 0.0449 e. The van der Waals surface area contributed by atoms with Crippen molar-refractivity contribution in [2.24, 2.45) is 0 Å². The minimum atomic E-state index is 0.340. The lowest BCUT2D eigenvalue weighted by Crippen LogP contribution is -2.31. The minimum Gasteiger partial charge on any atom is -0.312 e. The topological polar surface area (TPSA) is 28.2 Å². The molecule has 0 amide bonds. The normalized spacial score (nSPS) is 12.6. The number of aryl methyl sites for hydroxylation is 2. The van der Waals surface area contributed by atoms with E-state index in [0.29, 0.717) is 6.04 Å². The van der Waals surface area contributed by atoms with E-state index in [9.17, 15) is 0 Å². The number of likely N-dealkylation sites (N-methyl/N-ethyl adjacent to an activating group) is 2. The lowest BCUT2D eigenvalue weighted by Gasteiger charge is -2.25. The second-order valence-electron chi connectivity index (χ2n) is 5.76. The van der Waals surface area contributed by atoms with Crippen molar-refractivity contribution in [3.8, 4) is 0 Å². The molecule has 0 saturated heterocycles.